The number of nitrogens with zero attached hydrogens (tertiary/aromatic N) is 3. The number of ether oxygens (including phenoxy) is 1. The van der Waals surface area contributed by atoms with Crippen LogP contribution in [0.1, 0.15) is 45.9 Å². The van der Waals surface area contributed by atoms with E-state index >= 15 is 0 Å². The van der Waals surface area contributed by atoms with Gasteiger partial charge >= 0.3 is 17.9 Å². The summed E-state index contributed by atoms with van der Waals surface area (Å²) in [6, 6.07) is 0. The molecule has 0 aliphatic carbocycles. The fraction of sp³-hybridized carbons (Fsp3) is 0.667. The lowest BCUT2D eigenvalue weighted by Crippen LogP contribution is -2.43. The van der Waals surface area contributed by atoms with Crippen molar-refractivity contribution in [2.75, 3.05) is 32.4 Å². The van der Waals surface area contributed by atoms with E-state index in [1.165, 1.54) is 12.8 Å². The van der Waals surface area contributed by atoms with E-state index in [-0.39, 0.29) is 0 Å². The van der Waals surface area contributed by atoms with E-state index in [1.54, 1.807) is 0 Å². The average molecular weight is 377 g/mol. The molecule has 1 fully saturated rings. The Morgan fingerprint density at radius 3 is 2.70 bits per heavy atom. The number of rotatable bonds is 5. The third-order valence-electron chi connectivity index (χ3n) is 4.77. The van der Waals surface area contributed by atoms with Crippen LogP contribution >= 0.6 is 0 Å². The van der Waals surface area contributed by atoms with E-state index in [1.807, 2.05) is 20.8 Å². The number of H-pyrrole nitrogens is 2. The molecule has 3 heterocycles. The minimum atomic E-state index is -0.489. The van der Waals surface area contributed by atoms with Gasteiger partial charge in [0.05, 0.1) is 20.1 Å². The van der Waals surface area contributed by atoms with Crippen LogP contribution in [-0.2, 0) is 11.2 Å². The molecule has 5 N–H and O–H groups in total. The van der Waals surface area contributed by atoms with Crippen molar-refractivity contribution in [1.29, 1.82) is 0 Å². The molecule has 3 rings (SSSR count). The maximum Gasteiger partial charge on any atom is 0.407 e. The number of likely N-dealkylation sites (tertiary alicyclic amines) is 1. The van der Waals surface area contributed by atoms with Crippen LogP contribution in [0.3, 0.4) is 0 Å². The number of nitrogens with two attached hydrogens (primary N) is 1. The average Bonchev–Trinajstić information content (AvgIpc) is 3.16. The van der Waals surface area contributed by atoms with Crippen molar-refractivity contribution < 1.29 is 14.5 Å². The largest absolute Gasteiger partial charge is 0.444 e. The lowest BCUT2D eigenvalue weighted by atomic mass is 10.2. The molecule has 0 unspecified atom stereocenters. The molecule has 9 heteroatoms. The van der Waals surface area contributed by atoms with E-state index in [2.05, 4.69) is 32.3 Å². The predicted octanol–water partition coefficient (Wildman–Crippen LogP) is 1.54. The molecule has 0 radical (unpaired) electrons. The van der Waals surface area contributed by atoms with Crippen molar-refractivity contribution in [3.63, 3.8) is 0 Å². The maximum absolute atomic E-state index is 11.7. The zero-order chi connectivity index (χ0) is 19.7. The number of carbonyl (C=O) groups excluding carboxylic acids is 1. The first-order valence-electron chi connectivity index (χ1n) is 9.56. The number of aromatic nitrogens is 4. The summed E-state index contributed by atoms with van der Waals surface area (Å²) in [4.78, 5) is 27.3. The molecule has 9 nitrogen and oxygen atoms in total. The number of quaternary nitrogens is 1. The first-order valence-corrected chi connectivity index (χ1v) is 9.56. The highest BCUT2D eigenvalue weighted by atomic mass is 16.6. The Morgan fingerprint density at radius 1 is 1.33 bits per heavy atom. The van der Waals surface area contributed by atoms with Gasteiger partial charge in [0.15, 0.2) is 5.82 Å². The van der Waals surface area contributed by atoms with Crippen molar-refractivity contribution in [1.82, 2.24) is 24.8 Å². The topological polar surface area (TPSA) is 120 Å². The summed E-state index contributed by atoms with van der Waals surface area (Å²) in [6.45, 7) is 8.17. The summed E-state index contributed by atoms with van der Waals surface area (Å²) >= 11 is 0. The van der Waals surface area contributed by atoms with Crippen LogP contribution in [-0.4, -0.2) is 53.3 Å². The van der Waals surface area contributed by atoms with Gasteiger partial charge < -0.3 is 20.8 Å². The number of amides is 1. The molecular formula is C18H31N7O2+2. The SMILES string of the molecule is CC(C)(C)OC(=O)NCCCc1nc2[nH+]c(N)nc([N+]3(C)CCCC3)c2[nH]1. The second-order valence-electron chi connectivity index (χ2n) is 8.44. The molecule has 148 valence electrons. The predicted molar refractivity (Wildman–Crippen MR) is 104 cm³/mol. The Hall–Kier alpha value is -2.42. The smallest absolute Gasteiger partial charge is 0.407 e. The van der Waals surface area contributed by atoms with Crippen LogP contribution in [0.5, 0.6) is 0 Å². The van der Waals surface area contributed by atoms with Gasteiger partial charge in [0, 0.05) is 25.8 Å². The third-order valence-corrected chi connectivity index (χ3v) is 4.77. The van der Waals surface area contributed by atoms with Gasteiger partial charge in [-0.1, -0.05) is 0 Å². The summed E-state index contributed by atoms with van der Waals surface area (Å²) in [6.07, 6.45) is 3.45. The Kier molecular flexibility index (Phi) is 5.23. The van der Waals surface area contributed by atoms with Crippen molar-refractivity contribution >= 4 is 29.0 Å². The molecule has 27 heavy (non-hydrogen) atoms. The summed E-state index contributed by atoms with van der Waals surface area (Å²) in [7, 11) is 2.19. The molecule has 0 atom stereocenters. The number of alkyl carbamates (subject to hydrolysis) is 1. The fourth-order valence-corrected chi connectivity index (χ4v) is 3.51. The Labute approximate surface area is 159 Å². The summed E-state index contributed by atoms with van der Waals surface area (Å²) in [5, 5.41) is 2.77. The number of aryl methyl sites for hydroxylation is 1. The lowest BCUT2D eigenvalue weighted by Gasteiger charge is -2.25. The molecule has 2 aromatic heterocycles. The summed E-state index contributed by atoms with van der Waals surface area (Å²) in [5.74, 6) is 2.18. The number of nitrogen functional groups attached to an aromatic ring is 1. The molecule has 1 aliphatic rings. The minimum Gasteiger partial charge on any atom is -0.444 e. The summed E-state index contributed by atoms with van der Waals surface area (Å²) in [5.41, 5.74) is 7.14. The molecule has 1 aliphatic heterocycles. The van der Waals surface area contributed by atoms with Crippen LogP contribution in [0.2, 0.25) is 0 Å². The van der Waals surface area contributed by atoms with Gasteiger partial charge in [-0.2, -0.15) is 0 Å². The quantitative estimate of drug-likeness (QED) is 0.539. The number of anilines is 1. The van der Waals surface area contributed by atoms with Gasteiger partial charge in [-0.25, -0.2) is 9.78 Å². The zero-order valence-electron chi connectivity index (χ0n) is 16.7. The Morgan fingerprint density at radius 2 is 2.04 bits per heavy atom. The standard InChI is InChI=1S/C18H29N7O2/c1-18(2,3)27-17(26)20-9-7-8-12-21-13-14(22-12)23-16(19)24-15(13)25(4)10-5-6-11-25/h5-11H2,1-4H3,(H3-,19,20,21,22,23,24,26)/p+2. The Balaban J connectivity index is 1.66. The van der Waals surface area contributed by atoms with E-state index in [9.17, 15) is 4.79 Å². The van der Waals surface area contributed by atoms with Crippen LogP contribution in [0, 0.1) is 0 Å². The second-order valence-corrected chi connectivity index (χ2v) is 8.44. The van der Waals surface area contributed by atoms with Crippen LogP contribution < -0.4 is 20.5 Å². The molecule has 1 amide bonds. The van der Waals surface area contributed by atoms with Gasteiger partial charge in [-0.05, 0) is 32.2 Å². The summed E-state index contributed by atoms with van der Waals surface area (Å²) < 4.78 is 6.01. The van der Waals surface area contributed by atoms with Crippen molar-refractivity contribution in [2.24, 2.45) is 0 Å². The molecule has 0 spiro atoms. The molecule has 0 saturated carbocycles. The number of hydrogen-bond donors (Lipinski definition) is 3. The third kappa shape index (κ3) is 4.65. The highest BCUT2D eigenvalue weighted by Crippen LogP contribution is 2.30. The van der Waals surface area contributed by atoms with Crippen molar-refractivity contribution in [3.8, 4) is 0 Å². The number of imidazole rings is 1. The lowest BCUT2D eigenvalue weighted by molar-refractivity contribution is -0.333. The highest BCUT2D eigenvalue weighted by Gasteiger charge is 2.37. The van der Waals surface area contributed by atoms with Crippen LogP contribution in [0.25, 0.3) is 11.2 Å². The maximum atomic E-state index is 11.7. The first kappa shape index (κ1) is 19.3. The first-order chi connectivity index (χ1) is 12.7. The normalized spacial score (nSPS) is 16.6. The molecule has 2 aromatic rings. The minimum absolute atomic E-state index is 0.383. The van der Waals surface area contributed by atoms with E-state index in [4.69, 9.17) is 10.5 Å². The van der Waals surface area contributed by atoms with Crippen molar-refractivity contribution in [2.45, 2.75) is 52.1 Å². The van der Waals surface area contributed by atoms with Gasteiger partial charge in [0.2, 0.25) is 5.52 Å². The van der Waals surface area contributed by atoms with Crippen molar-refractivity contribution in [3.05, 3.63) is 5.82 Å². The van der Waals surface area contributed by atoms with E-state index < -0.39 is 11.7 Å². The van der Waals surface area contributed by atoms with E-state index in [0.29, 0.717) is 18.9 Å². The second kappa shape index (κ2) is 7.30. The number of fused-ring (bicyclic) bond motifs is 1. The van der Waals surface area contributed by atoms with Crippen LogP contribution in [0.4, 0.5) is 16.6 Å². The van der Waals surface area contributed by atoms with Gasteiger partial charge in [0.25, 0.3) is 5.65 Å². The van der Waals surface area contributed by atoms with Gasteiger partial charge in [0.1, 0.15) is 5.60 Å². The molecule has 0 aromatic carbocycles. The van der Waals surface area contributed by atoms with Crippen LogP contribution in [0.15, 0.2) is 0 Å². The molecular weight excluding hydrogens is 346 g/mol. The van der Waals surface area contributed by atoms with Gasteiger partial charge in [-0.15, -0.1) is 4.98 Å². The number of carbonyl (C=O) groups is 1. The highest BCUT2D eigenvalue weighted by molar-refractivity contribution is 5.80. The molecule has 1 saturated heterocycles. The monoisotopic (exact) mass is 377 g/mol. The number of aromatic amines is 2. The Bertz CT molecular complexity index is 819. The van der Waals surface area contributed by atoms with E-state index in [0.717, 1.165) is 46.8 Å². The number of nitrogens with one attached hydrogen (secondary N) is 3. The number of hydrogen-bond acceptors (Lipinski definition) is 5. The fourth-order valence-electron chi connectivity index (χ4n) is 3.51. The zero-order valence-corrected chi connectivity index (χ0v) is 16.7. The van der Waals surface area contributed by atoms with Gasteiger partial charge in [-0.3, -0.25) is 4.48 Å². The molecule has 0 bridgehead atoms.